The Kier molecular flexibility index (Phi) is 5.99. The number of benzene rings is 2. The Bertz CT molecular complexity index is 1130. The van der Waals surface area contributed by atoms with Crippen molar-refractivity contribution in [3.8, 4) is 17.0 Å². The average Bonchev–Trinajstić information content (AvgIpc) is 2.88. The van der Waals surface area contributed by atoms with Crippen LogP contribution in [0.5, 0.6) is 5.75 Å². The lowest BCUT2D eigenvalue weighted by molar-refractivity contribution is -0.122. The highest BCUT2D eigenvalue weighted by Crippen LogP contribution is 2.32. The molecule has 5 rings (SSSR count). The van der Waals surface area contributed by atoms with Crippen molar-refractivity contribution in [2.24, 2.45) is 5.92 Å². The van der Waals surface area contributed by atoms with Gasteiger partial charge in [-0.2, -0.15) is 0 Å². The molecule has 3 heterocycles. The van der Waals surface area contributed by atoms with E-state index in [0.717, 1.165) is 67.3 Å². The summed E-state index contributed by atoms with van der Waals surface area (Å²) in [5.74, 6) is 1.87. The van der Waals surface area contributed by atoms with Crippen LogP contribution in [-0.2, 0) is 11.2 Å². The quantitative estimate of drug-likeness (QED) is 0.588. The number of aromatic nitrogens is 2. The third kappa shape index (κ3) is 4.42. The Hall–Kier alpha value is -3.41. The van der Waals surface area contributed by atoms with E-state index < -0.39 is 0 Å². The number of nitrogens with zero attached hydrogens (tertiary/aromatic N) is 4. The van der Waals surface area contributed by atoms with Crippen LogP contribution in [0.25, 0.3) is 11.3 Å². The van der Waals surface area contributed by atoms with Crippen LogP contribution in [0.2, 0.25) is 0 Å². The second-order valence-corrected chi connectivity index (χ2v) is 9.02. The number of rotatable bonds is 4. The van der Waals surface area contributed by atoms with Gasteiger partial charge in [-0.3, -0.25) is 4.79 Å². The van der Waals surface area contributed by atoms with Gasteiger partial charge in [-0.25, -0.2) is 0 Å². The minimum absolute atomic E-state index is 0.0194. The van der Waals surface area contributed by atoms with E-state index in [0.29, 0.717) is 6.54 Å². The molecule has 0 N–H and O–H groups in total. The zero-order chi connectivity index (χ0) is 22.8. The third-order valence-electron chi connectivity index (χ3n) is 6.75. The molecule has 0 saturated carbocycles. The smallest absolute Gasteiger partial charge is 0.231 e. The molecular formula is C27H30N4O2. The minimum Gasteiger partial charge on any atom is -0.497 e. The number of amides is 1. The van der Waals surface area contributed by atoms with Gasteiger partial charge in [0.05, 0.1) is 18.7 Å². The Morgan fingerprint density at radius 3 is 2.61 bits per heavy atom. The van der Waals surface area contributed by atoms with Crippen molar-refractivity contribution in [3.63, 3.8) is 0 Å². The summed E-state index contributed by atoms with van der Waals surface area (Å²) in [6.45, 7) is 4.51. The third-order valence-corrected chi connectivity index (χ3v) is 6.75. The SMILES string of the molecule is COc1ccc(-c2ccc(N3CCCC(C(=O)N4CCCc5cc(C)ccc54)C3)nn2)cc1. The fourth-order valence-electron chi connectivity index (χ4n) is 4.97. The molecule has 2 aliphatic rings. The molecule has 1 unspecified atom stereocenters. The predicted octanol–water partition coefficient (Wildman–Crippen LogP) is 4.66. The van der Waals surface area contributed by atoms with Crippen LogP contribution in [0.3, 0.4) is 0 Å². The lowest BCUT2D eigenvalue weighted by Crippen LogP contribution is -2.46. The standard InChI is InChI=1S/C27H30N4O2/c1-19-7-13-25-21(17-19)5-4-16-31(25)27(32)22-6-3-15-30(18-22)26-14-12-24(28-29-26)20-8-10-23(33-2)11-9-20/h7-14,17,22H,3-6,15-16,18H2,1-2H3. The number of hydrogen-bond acceptors (Lipinski definition) is 5. The lowest BCUT2D eigenvalue weighted by atomic mass is 9.93. The van der Waals surface area contributed by atoms with E-state index in [4.69, 9.17) is 4.74 Å². The van der Waals surface area contributed by atoms with E-state index >= 15 is 0 Å². The molecule has 1 saturated heterocycles. The molecular weight excluding hydrogens is 412 g/mol. The van der Waals surface area contributed by atoms with Crippen LogP contribution >= 0.6 is 0 Å². The number of fused-ring (bicyclic) bond motifs is 1. The summed E-state index contributed by atoms with van der Waals surface area (Å²) in [6, 6.07) is 18.3. The van der Waals surface area contributed by atoms with Crippen LogP contribution in [0.4, 0.5) is 11.5 Å². The molecule has 0 aliphatic carbocycles. The maximum atomic E-state index is 13.5. The van der Waals surface area contributed by atoms with Gasteiger partial charge in [-0.15, -0.1) is 10.2 Å². The Morgan fingerprint density at radius 2 is 1.85 bits per heavy atom. The first-order chi connectivity index (χ1) is 16.1. The first-order valence-electron chi connectivity index (χ1n) is 11.8. The largest absolute Gasteiger partial charge is 0.497 e. The summed E-state index contributed by atoms with van der Waals surface area (Å²) in [5, 5.41) is 8.94. The molecule has 2 aromatic carbocycles. The van der Waals surface area contributed by atoms with E-state index in [-0.39, 0.29) is 11.8 Å². The first kappa shape index (κ1) is 21.4. The Morgan fingerprint density at radius 1 is 1.00 bits per heavy atom. The zero-order valence-electron chi connectivity index (χ0n) is 19.3. The highest BCUT2D eigenvalue weighted by Gasteiger charge is 2.32. The molecule has 1 aromatic heterocycles. The van der Waals surface area contributed by atoms with Crippen LogP contribution in [0.1, 0.15) is 30.4 Å². The van der Waals surface area contributed by atoms with Gasteiger partial charge in [-0.05, 0) is 80.6 Å². The van der Waals surface area contributed by atoms with Crippen molar-refractivity contribution in [1.29, 1.82) is 0 Å². The van der Waals surface area contributed by atoms with E-state index in [2.05, 4.69) is 40.2 Å². The van der Waals surface area contributed by atoms with Crippen molar-refractivity contribution in [3.05, 3.63) is 65.7 Å². The second kappa shape index (κ2) is 9.22. The van der Waals surface area contributed by atoms with Gasteiger partial charge < -0.3 is 14.5 Å². The van der Waals surface area contributed by atoms with Crippen molar-refractivity contribution in [2.75, 3.05) is 36.5 Å². The number of aryl methyl sites for hydroxylation is 2. The van der Waals surface area contributed by atoms with E-state index in [9.17, 15) is 4.79 Å². The first-order valence-corrected chi connectivity index (χ1v) is 11.8. The molecule has 0 radical (unpaired) electrons. The molecule has 6 nitrogen and oxygen atoms in total. The highest BCUT2D eigenvalue weighted by atomic mass is 16.5. The molecule has 1 amide bonds. The maximum Gasteiger partial charge on any atom is 0.231 e. The topological polar surface area (TPSA) is 58.6 Å². The number of anilines is 2. The molecule has 6 heteroatoms. The van der Waals surface area contributed by atoms with E-state index in [1.165, 1.54) is 11.1 Å². The van der Waals surface area contributed by atoms with Crippen LogP contribution < -0.4 is 14.5 Å². The van der Waals surface area contributed by atoms with Crippen molar-refractivity contribution in [2.45, 2.75) is 32.6 Å². The zero-order valence-corrected chi connectivity index (χ0v) is 19.3. The molecule has 2 aliphatic heterocycles. The fraction of sp³-hybridized carbons (Fsp3) is 0.370. The van der Waals surface area contributed by atoms with Gasteiger partial charge in [0, 0.05) is 30.9 Å². The summed E-state index contributed by atoms with van der Waals surface area (Å²) in [7, 11) is 1.66. The van der Waals surface area contributed by atoms with Gasteiger partial charge in [-0.1, -0.05) is 17.7 Å². The number of carbonyl (C=O) groups is 1. The van der Waals surface area contributed by atoms with Gasteiger partial charge in [0.15, 0.2) is 5.82 Å². The summed E-state index contributed by atoms with van der Waals surface area (Å²) in [4.78, 5) is 17.7. The van der Waals surface area contributed by atoms with E-state index in [1.807, 2.05) is 41.3 Å². The van der Waals surface area contributed by atoms with Crippen LogP contribution in [-0.4, -0.2) is 42.8 Å². The van der Waals surface area contributed by atoms with Gasteiger partial charge >= 0.3 is 0 Å². The Labute approximate surface area is 195 Å². The molecule has 0 spiro atoms. The van der Waals surface area contributed by atoms with Gasteiger partial charge in [0.2, 0.25) is 5.91 Å². The van der Waals surface area contributed by atoms with Crippen molar-refractivity contribution < 1.29 is 9.53 Å². The van der Waals surface area contributed by atoms with Crippen molar-refractivity contribution in [1.82, 2.24) is 10.2 Å². The fourth-order valence-corrected chi connectivity index (χ4v) is 4.97. The monoisotopic (exact) mass is 442 g/mol. The van der Waals surface area contributed by atoms with Crippen LogP contribution in [0, 0.1) is 12.8 Å². The van der Waals surface area contributed by atoms with Crippen molar-refractivity contribution >= 4 is 17.4 Å². The summed E-state index contributed by atoms with van der Waals surface area (Å²) in [5.41, 5.74) is 5.47. The minimum atomic E-state index is -0.0194. The molecule has 33 heavy (non-hydrogen) atoms. The van der Waals surface area contributed by atoms with Crippen LogP contribution in [0.15, 0.2) is 54.6 Å². The molecule has 0 bridgehead atoms. The number of carbonyl (C=O) groups excluding carboxylic acids is 1. The molecule has 3 aromatic rings. The molecule has 1 fully saturated rings. The summed E-state index contributed by atoms with van der Waals surface area (Å²) < 4.78 is 5.23. The highest BCUT2D eigenvalue weighted by molar-refractivity contribution is 5.96. The average molecular weight is 443 g/mol. The summed E-state index contributed by atoms with van der Waals surface area (Å²) >= 11 is 0. The predicted molar refractivity (Wildman–Crippen MR) is 131 cm³/mol. The normalized spacial score (nSPS) is 18.1. The Balaban J connectivity index is 1.29. The number of piperidine rings is 1. The number of hydrogen-bond donors (Lipinski definition) is 0. The van der Waals surface area contributed by atoms with Gasteiger partial charge in [0.25, 0.3) is 0 Å². The maximum absolute atomic E-state index is 13.5. The number of methoxy groups -OCH3 is 1. The lowest BCUT2D eigenvalue weighted by Gasteiger charge is -2.37. The molecule has 1 atom stereocenters. The second-order valence-electron chi connectivity index (χ2n) is 9.02. The number of ether oxygens (including phenoxy) is 1. The molecule has 170 valence electrons. The van der Waals surface area contributed by atoms with E-state index in [1.54, 1.807) is 7.11 Å². The van der Waals surface area contributed by atoms with Gasteiger partial charge in [0.1, 0.15) is 5.75 Å². The summed E-state index contributed by atoms with van der Waals surface area (Å²) in [6.07, 6.45) is 3.97.